The fourth-order valence-corrected chi connectivity index (χ4v) is 2.92. The van der Waals surface area contributed by atoms with Gasteiger partial charge in [0.15, 0.2) is 5.78 Å². The number of primary amides is 1. The maximum Gasteiger partial charge on any atom is 0.223 e. The minimum atomic E-state index is -0.483. The first-order valence-corrected chi connectivity index (χ1v) is 6.52. The van der Waals surface area contributed by atoms with Crippen LogP contribution in [-0.2, 0) is 19.1 Å². The molecule has 0 aromatic rings. The first kappa shape index (κ1) is 14.0. The Kier molecular flexibility index (Phi) is 3.62. The first-order chi connectivity index (χ1) is 8.80. The molecule has 0 spiro atoms. The van der Waals surface area contributed by atoms with Crippen LogP contribution >= 0.6 is 0 Å². The quantitative estimate of drug-likeness (QED) is 0.767. The predicted molar refractivity (Wildman–Crippen MR) is 67.1 cm³/mol. The van der Waals surface area contributed by atoms with Crippen molar-refractivity contribution in [3.05, 3.63) is 0 Å². The zero-order valence-electron chi connectivity index (χ0n) is 11.3. The Labute approximate surface area is 112 Å². The van der Waals surface area contributed by atoms with Crippen LogP contribution in [-0.4, -0.2) is 47.8 Å². The molecule has 6 nitrogen and oxygen atoms in total. The second kappa shape index (κ2) is 4.92. The van der Waals surface area contributed by atoms with E-state index in [0.29, 0.717) is 13.0 Å². The average molecular weight is 268 g/mol. The molecule has 0 aliphatic carbocycles. The lowest BCUT2D eigenvalue weighted by Crippen LogP contribution is -2.43. The zero-order chi connectivity index (χ0) is 14.2. The molecule has 2 saturated heterocycles. The highest BCUT2D eigenvalue weighted by molar-refractivity contribution is 5.92. The fraction of sp³-hybridized carbons (Fsp3) is 0.769. The Hall–Kier alpha value is -1.43. The molecule has 6 heteroatoms. The van der Waals surface area contributed by atoms with Crippen LogP contribution in [0.4, 0.5) is 0 Å². The lowest BCUT2D eigenvalue weighted by Gasteiger charge is -2.28. The summed E-state index contributed by atoms with van der Waals surface area (Å²) in [5.41, 5.74) is 4.69. The van der Waals surface area contributed by atoms with Crippen molar-refractivity contribution in [1.82, 2.24) is 4.90 Å². The smallest absolute Gasteiger partial charge is 0.223 e. The molecule has 19 heavy (non-hydrogen) atoms. The normalized spacial score (nSPS) is 26.6. The standard InChI is InChI=1S/C13H20N2O4/c1-13(2,5-10(14)17)6-11(18)15-4-3-9-12(15)8(16)7-19-9/h9,12H,3-7H2,1-2H3,(H2,14,17). The lowest BCUT2D eigenvalue weighted by molar-refractivity contribution is -0.138. The number of nitrogens with zero attached hydrogens (tertiary/aromatic N) is 1. The Morgan fingerprint density at radius 1 is 1.42 bits per heavy atom. The molecule has 2 N–H and O–H groups in total. The summed E-state index contributed by atoms with van der Waals surface area (Å²) in [4.78, 5) is 36.6. The lowest BCUT2D eigenvalue weighted by atomic mass is 9.84. The monoisotopic (exact) mass is 268 g/mol. The Morgan fingerprint density at radius 2 is 2.11 bits per heavy atom. The third-order valence-corrected chi connectivity index (χ3v) is 3.71. The predicted octanol–water partition coefficient (Wildman–Crippen LogP) is -0.153. The highest BCUT2D eigenvalue weighted by atomic mass is 16.5. The van der Waals surface area contributed by atoms with E-state index >= 15 is 0 Å². The molecule has 0 aromatic heterocycles. The number of hydrogen-bond donors (Lipinski definition) is 1. The number of rotatable bonds is 4. The Morgan fingerprint density at radius 3 is 2.74 bits per heavy atom. The molecule has 2 heterocycles. The third kappa shape index (κ3) is 2.94. The molecule has 0 bridgehead atoms. The summed E-state index contributed by atoms with van der Waals surface area (Å²) in [6.07, 6.45) is 0.936. The summed E-state index contributed by atoms with van der Waals surface area (Å²) >= 11 is 0. The van der Waals surface area contributed by atoms with E-state index in [1.807, 2.05) is 13.8 Å². The number of Topliss-reactive ketones (excluding diaryl/α,β-unsaturated/α-hetero) is 1. The largest absolute Gasteiger partial charge is 0.370 e. The topological polar surface area (TPSA) is 89.7 Å². The van der Waals surface area contributed by atoms with Crippen LogP contribution in [0.5, 0.6) is 0 Å². The van der Waals surface area contributed by atoms with Crippen molar-refractivity contribution < 1.29 is 19.1 Å². The van der Waals surface area contributed by atoms with Gasteiger partial charge in [-0.2, -0.15) is 0 Å². The van der Waals surface area contributed by atoms with Crippen molar-refractivity contribution >= 4 is 17.6 Å². The summed E-state index contributed by atoms with van der Waals surface area (Å²) in [6.45, 7) is 4.31. The van der Waals surface area contributed by atoms with Gasteiger partial charge in [0.2, 0.25) is 11.8 Å². The van der Waals surface area contributed by atoms with Crippen LogP contribution in [0.1, 0.15) is 33.1 Å². The van der Waals surface area contributed by atoms with Crippen LogP contribution in [0.3, 0.4) is 0 Å². The molecular weight excluding hydrogens is 248 g/mol. The zero-order valence-corrected chi connectivity index (χ0v) is 11.3. The van der Waals surface area contributed by atoms with Gasteiger partial charge in [-0.15, -0.1) is 0 Å². The Balaban J connectivity index is 2.00. The van der Waals surface area contributed by atoms with Gasteiger partial charge in [-0.25, -0.2) is 0 Å². The van der Waals surface area contributed by atoms with Crippen LogP contribution in [0, 0.1) is 5.41 Å². The van der Waals surface area contributed by atoms with E-state index in [1.165, 1.54) is 0 Å². The number of ether oxygens (including phenoxy) is 1. The van der Waals surface area contributed by atoms with Crippen molar-refractivity contribution in [1.29, 1.82) is 0 Å². The van der Waals surface area contributed by atoms with E-state index < -0.39 is 17.4 Å². The van der Waals surface area contributed by atoms with Crippen molar-refractivity contribution in [3.63, 3.8) is 0 Å². The number of ketones is 1. The molecule has 2 atom stereocenters. The van der Waals surface area contributed by atoms with Gasteiger partial charge in [-0.05, 0) is 11.8 Å². The molecule has 0 radical (unpaired) electrons. The van der Waals surface area contributed by atoms with Crippen LogP contribution in [0.15, 0.2) is 0 Å². The Bertz CT molecular complexity index is 419. The van der Waals surface area contributed by atoms with Gasteiger partial charge >= 0.3 is 0 Å². The van der Waals surface area contributed by atoms with Crippen molar-refractivity contribution in [2.45, 2.75) is 45.3 Å². The molecule has 2 fully saturated rings. The van der Waals surface area contributed by atoms with E-state index in [1.54, 1.807) is 4.90 Å². The van der Waals surface area contributed by atoms with E-state index in [4.69, 9.17) is 10.5 Å². The number of carbonyl (C=O) groups excluding carboxylic acids is 3. The number of likely N-dealkylation sites (tertiary alicyclic amines) is 1. The third-order valence-electron chi connectivity index (χ3n) is 3.71. The SMILES string of the molecule is CC(C)(CC(N)=O)CC(=O)N1CCC2OCC(=O)C21. The molecule has 2 aliphatic heterocycles. The van der Waals surface area contributed by atoms with Crippen molar-refractivity contribution in [2.24, 2.45) is 11.1 Å². The van der Waals surface area contributed by atoms with Gasteiger partial charge in [0, 0.05) is 19.4 Å². The summed E-state index contributed by atoms with van der Waals surface area (Å²) in [5.74, 6) is -0.543. The second-order valence-corrected chi connectivity index (χ2v) is 6.12. The number of fused-ring (bicyclic) bond motifs is 1. The average Bonchev–Trinajstić information content (AvgIpc) is 2.79. The number of carbonyl (C=O) groups is 3. The summed E-state index contributed by atoms with van der Waals surface area (Å²) in [5, 5.41) is 0. The first-order valence-electron chi connectivity index (χ1n) is 6.52. The maximum absolute atomic E-state index is 12.3. The molecule has 0 aromatic carbocycles. The molecule has 2 amide bonds. The van der Waals surface area contributed by atoms with Crippen molar-refractivity contribution in [3.8, 4) is 0 Å². The van der Waals surface area contributed by atoms with E-state index in [-0.39, 0.29) is 37.2 Å². The van der Waals surface area contributed by atoms with Crippen LogP contribution < -0.4 is 5.73 Å². The number of nitrogens with two attached hydrogens (primary N) is 1. The molecule has 106 valence electrons. The number of amides is 2. The van der Waals surface area contributed by atoms with E-state index in [2.05, 4.69) is 0 Å². The van der Waals surface area contributed by atoms with Crippen LogP contribution in [0.2, 0.25) is 0 Å². The molecule has 2 aliphatic rings. The molecule has 2 rings (SSSR count). The van der Waals surface area contributed by atoms with E-state index in [0.717, 1.165) is 0 Å². The van der Waals surface area contributed by atoms with Gasteiger partial charge in [-0.1, -0.05) is 13.8 Å². The summed E-state index contributed by atoms with van der Waals surface area (Å²) < 4.78 is 5.35. The second-order valence-electron chi connectivity index (χ2n) is 6.12. The number of hydrogen-bond acceptors (Lipinski definition) is 4. The minimum absolute atomic E-state index is 0.0245. The van der Waals surface area contributed by atoms with Gasteiger partial charge in [-0.3, -0.25) is 14.4 Å². The van der Waals surface area contributed by atoms with Crippen molar-refractivity contribution in [2.75, 3.05) is 13.2 Å². The van der Waals surface area contributed by atoms with Gasteiger partial charge in [0.05, 0.1) is 6.10 Å². The highest BCUT2D eigenvalue weighted by Crippen LogP contribution is 2.31. The molecular formula is C13H20N2O4. The highest BCUT2D eigenvalue weighted by Gasteiger charge is 2.47. The fourth-order valence-electron chi connectivity index (χ4n) is 2.92. The van der Waals surface area contributed by atoms with Gasteiger partial charge in [0.1, 0.15) is 12.6 Å². The van der Waals surface area contributed by atoms with Gasteiger partial charge in [0.25, 0.3) is 0 Å². The summed E-state index contributed by atoms with van der Waals surface area (Å²) in [7, 11) is 0. The molecule has 0 saturated carbocycles. The maximum atomic E-state index is 12.3. The van der Waals surface area contributed by atoms with Gasteiger partial charge < -0.3 is 15.4 Å². The summed E-state index contributed by atoms with van der Waals surface area (Å²) in [6, 6.07) is -0.420. The molecule has 2 unspecified atom stereocenters. The minimum Gasteiger partial charge on any atom is -0.370 e. The van der Waals surface area contributed by atoms with E-state index in [9.17, 15) is 14.4 Å². The van der Waals surface area contributed by atoms with Crippen LogP contribution in [0.25, 0.3) is 0 Å².